The Morgan fingerprint density at radius 3 is 2.58 bits per heavy atom. The Balaban J connectivity index is 1.50. The van der Waals surface area contributed by atoms with Crippen molar-refractivity contribution in [3.05, 3.63) is 93.3 Å². The molecule has 0 bridgehead atoms. The fourth-order valence-corrected chi connectivity index (χ4v) is 4.93. The maximum Gasteiger partial charge on any atom is 0.211 e. The number of benzene rings is 2. The minimum atomic E-state index is 0.773. The van der Waals surface area contributed by atoms with Crippen LogP contribution < -0.4 is 9.70 Å². The summed E-state index contributed by atoms with van der Waals surface area (Å²) in [5, 5.41) is 6.90. The molecule has 1 saturated heterocycles. The highest BCUT2D eigenvalue weighted by molar-refractivity contribution is 9.10. The Morgan fingerprint density at radius 1 is 1.00 bits per heavy atom. The zero-order valence-corrected chi connectivity index (χ0v) is 20.2. The SMILES string of the molecule is Brc1ccccc1-c1csc(=Nc2cccnc2)n1N=Cc1ccc(N2CCOCC2)cc1. The van der Waals surface area contributed by atoms with Gasteiger partial charge in [0.1, 0.15) is 0 Å². The van der Waals surface area contributed by atoms with Crippen LogP contribution in [0.25, 0.3) is 11.3 Å². The third kappa shape index (κ3) is 5.13. The maximum atomic E-state index is 5.45. The summed E-state index contributed by atoms with van der Waals surface area (Å²) >= 11 is 5.22. The normalized spacial score (nSPS) is 14.8. The van der Waals surface area contributed by atoms with Gasteiger partial charge in [0.05, 0.1) is 37.0 Å². The topological polar surface area (TPSA) is 55.0 Å². The molecule has 1 aliphatic rings. The van der Waals surface area contributed by atoms with E-state index in [0.717, 1.165) is 58.1 Å². The molecule has 166 valence electrons. The highest BCUT2D eigenvalue weighted by atomic mass is 79.9. The Morgan fingerprint density at radius 2 is 1.82 bits per heavy atom. The van der Waals surface area contributed by atoms with Gasteiger partial charge in [-0.3, -0.25) is 4.98 Å². The van der Waals surface area contributed by atoms with E-state index in [1.165, 1.54) is 5.69 Å². The summed E-state index contributed by atoms with van der Waals surface area (Å²) in [6, 6.07) is 20.4. The van der Waals surface area contributed by atoms with Crippen LogP contribution in [0.4, 0.5) is 11.4 Å². The third-order valence-corrected chi connectivity index (χ3v) is 6.81. The fourth-order valence-electron chi connectivity index (χ4n) is 3.59. The summed E-state index contributed by atoms with van der Waals surface area (Å²) in [5.74, 6) is 0. The standard InChI is InChI=1S/C25H22BrN5OS/c26-23-6-2-1-5-22(23)24-18-33-25(29-20-4-3-11-27-17-20)31(24)28-16-19-7-9-21(10-8-19)30-12-14-32-15-13-30/h1-11,16-18H,12-15H2. The Bertz CT molecular complexity index is 1310. The lowest BCUT2D eigenvalue weighted by molar-refractivity contribution is 0.122. The van der Waals surface area contributed by atoms with Crippen LogP contribution in [0, 0.1) is 0 Å². The predicted molar refractivity (Wildman–Crippen MR) is 137 cm³/mol. The van der Waals surface area contributed by atoms with Crippen LogP contribution in [-0.2, 0) is 4.74 Å². The Hall–Kier alpha value is -3.07. The summed E-state index contributed by atoms with van der Waals surface area (Å²) in [4.78, 5) is 12.1. The highest BCUT2D eigenvalue weighted by Crippen LogP contribution is 2.28. The second-order valence-electron chi connectivity index (χ2n) is 7.45. The number of rotatable bonds is 5. The van der Waals surface area contributed by atoms with Gasteiger partial charge in [0, 0.05) is 40.4 Å². The summed E-state index contributed by atoms with van der Waals surface area (Å²) in [7, 11) is 0. The maximum absolute atomic E-state index is 5.45. The smallest absolute Gasteiger partial charge is 0.211 e. The zero-order chi connectivity index (χ0) is 22.5. The molecule has 0 saturated carbocycles. The third-order valence-electron chi connectivity index (χ3n) is 5.30. The number of nitrogens with zero attached hydrogens (tertiary/aromatic N) is 5. The predicted octanol–water partition coefficient (Wildman–Crippen LogP) is 5.33. The number of aromatic nitrogens is 2. The number of thiazole rings is 1. The molecule has 33 heavy (non-hydrogen) atoms. The van der Waals surface area contributed by atoms with Crippen molar-refractivity contribution < 1.29 is 4.74 Å². The van der Waals surface area contributed by atoms with Gasteiger partial charge in [-0.25, -0.2) is 9.67 Å². The minimum Gasteiger partial charge on any atom is -0.378 e. The van der Waals surface area contributed by atoms with E-state index in [1.54, 1.807) is 23.7 Å². The number of halogens is 1. The number of ether oxygens (including phenoxy) is 1. The molecule has 2 aromatic heterocycles. The van der Waals surface area contributed by atoms with Gasteiger partial charge < -0.3 is 9.64 Å². The van der Waals surface area contributed by atoms with Gasteiger partial charge in [0.15, 0.2) is 0 Å². The molecule has 0 aliphatic carbocycles. The van der Waals surface area contributed by atoms with Gasteiger partial charge in [-0.15, -0.1) is 11.3 Å². The Labute approximate surface area is 204 Å². The molecule has 5 rings (SSSR count). The summed E-state index contributed by atoms with van der Waals surface area (Å²) in [6.45, 7) is 3.40. The van der Waals surface area contributed by atoms with E-state index in [9.17, 15) is 0 Å². The van der Waals surface area contributed by atoms with Crippen LogP contribution in [0.15, 0.2) is 93.0 Å². The van der Waals surface area contributed by atoms with Gasteiger partial charge in [-0.2, -0.15) is 5.10 Å². The molecule has 0 unspecified atom stereocenters. The highest BCUT2D eigenvalue weighted by Gasteiger charge is 2.12. The van der Waals surface area contributed by atoms with Crippen LogP contribution >= 0.6 is 27.3 Å². The van der Waals surface area contributed by atoms with Crippen LogP contribution in [0.5, 0.6) is 0 Å². The van der Waals surface area contributed by atoms with Gasteiger partial charge >= 0.3 is 0 Å². The average molecular weight is 520 g/mol. The lowest BCUT2D eigenvalue weighted by atomic mass is 10.2. The molecule has 1 fully saturated rings. The minimum absolute atomic E-state index is 0.773. The van der Waals surface area contributed by atoms with Crippen molar-refractivity contribution in [2.75, 3.05) is 31.2 Å². The molecule has 2 aromatic carbocycles. The van der Waals surface area contributed by atoms with Crippen molar-refractivity contribution in [1.82, 2.24) is 9.66 Å². The van der Waals surface area contributed by atoms with E-state index in [0.29, 0.717) is 0 Å². The lowest BCUT2D eigenvalue weighted by Crippen LogP contribution is -2.36. The number of morpholine rings is 1. The van der Waals surface area contributed by atoms with Crippen molar-refractivity contribution >= 4 is 44.9 Å². The Kier molecular flexibility index (Phi) is 6.76. The van der Waals surface area contributed by atoms with Crippen LogP contribution in [0.3, 0.4) is 0 Å². The largest absolute Gasteiger partial charge is 0.378 e. The van der Waals surface area contributed by atoms with E-state index in [4.69, 9.17) is 14.8 Å². The first kappa shape index (κ1) is 21.8. The quantitative estimate of drug-likeness (QED) is 0.335. The summed E-state index contributed by atoms with van der Waals surface area (Å²) in [5.41, 5.74) is 5.05. The van der Waals surface area contributed by atoms with E-state index in [-0.39, 0.29) is 0 Å². The van der Waals surface area contributed by atoms with Crippen molar-refractivity contribution in [3.8, 4) is 11.3 Å². The van der Waals surface area contributed by atoms with Crippen LogP contribution in [0.2, 0.25) is 0 Å². The van der Waals surface area contributed by atoms with Gasteiger partial charge in [-0.05, 0) is 35.9 Å². The molecule has 1 aliphatic heterocycles. The molecule has 0 atom stereocenters. The van der Waals surface area contributed by atoms with Gasteiger partial charge in [-0.1, -0.05) is 46.3 Å². The van der Waals surface area contributed by atoms with Crippen LogP contribution in [-0.4, -0.2) is 42.2 Å². The molecule has 0 spiro atoms. The molecule has 0 N–H and O–H groups in total. The number of hydrogen-bond acceptors (Lipinski definition) is 6. The number of hydrogen-bond donors (Lipinski definition) is 0. The van der Waals surface area contributed by atoms with Crippen molar-refractivity contribution in [1.29, 1.82) is 0 Å². The second kappa shape index (κ2) is 10.2. The molecular weight excluding hydrogens is 498 g/mol. The second-order valence-corrected chi connectivity index (χ2v) is 9.14. The first-order chi connectivity index (χ1) is 16.3. The zero-order valence-electron chi connectivity index (χ0n) is 17.8. The van der Waals surface area contributed by atoms with E-state index in [1.807, 2.05) is 41.2 Å². The molecule has 6 nitrogen and oxygen atoms in total. The van der Waals surface area contributed by atoms with E-state index in [2.05, 4.69) is 61.5 Å². The first-order valence-corrected chi connectivity index (χ1v) is 12.3. The first-order valence-electron chi connectivity index (χ1n) is 10.7. The molecule has 4 aromatic rings. The van der Waals surface area contributed by atoms with Crippen molar-refractivity contribution in [2.24, 2.45) is 10.1 Å². The fraction of sp³-hybridized carbons (Fsp3) is 0.160. The van der Waals surface area contributed by atoms with Crippen molar-refractivity contribution in [3.63, 3.8) is 0 Å². The monoisotopic (exact) mass is 519 g/mol. The lowest BCUT2D eigenvalue weighted by Gasteiger charge is -2.28. The summed E-state index contributed by atoms with van der Waals surface area (Å²) in [6.07, 6.45) is 5.36. The molecule has 8 heteroatoms. The van der Waals surface area contributed by atoms with Crippen molar-refractivity contribution in [2.45, 2.75) is 0 Å². The molecule has 0 radical (unpaired) electrons. The molecule has 3 heterocycles. The number of pyridine rings is 1. The van der Waals surface area contributed by atoms with Crippen LogP contribution in [0.1, 0.15) is 5.56 Å². The van der Waals surface area contributed by atoms with Gasteiger partial charge in [0.2, 0.25) is 4.80 Å². The number of anilines is 1. The molecular formula is C25H22BrN5OS. The molecule has 0 amide bonds. The van der Waals surface area contributed by atoms with E-state index < -0.39 is 0 Å². The summed E-state index contributed by atoms with van der Waals surface area (Å²) < 4.78 is 8.35. The average Bonchev–Trinajstić information content (AvgIpc) is 3.26. The van der Waals surface area contributed by atoms with Gasteiger partial charge in [0.25, 0.3) is 0 Å². The van der Waals surface area contributed by atoms with E-state index >= 15 is 0 Å².